The summed E-state index contributed by atoms with van der Waals surface area (Å²) in [6, 6.07) is 10.9. The van der Waals surface area contributed by atoms with E-state index in [-0.39, 0.29) is 0 Å². The highest BCUT2D eigenvalue weighted by Gasteiger charge is 2.03. The molecule has 3 heteroatoms. The van der Waals surface area contributed by atoms with E-state index in [0.717, 1.165) is 13.2 Å². The van der Waals surface area contributed by atoms with Crippen molar-refractivity contribution in [2.45, 2.75) is 26.0 Å². The van der Waals surface area contributed by atoms with Crippen LogP contribution in [0.4, 0.5) is 0 Å². The molecule has 1 N–H and O–H groups in total. The van der Waals surface area contributed by atoms with Crippen LogP contribution in [-0.2, 0) is 11.3 Å². The fourth-order valence-electron chi connectivity index (χ4n) is 1.62. The first-order chi connectivity index (χ1) is 8.36. The molecule has 0 heterocycles. The molecule has 0 aromatic heterocycles. The number of hydrogen-bond acceptors (Lipinski definition) is 3. The van der Waals surface area contributed by atoms with Gasteiger partial charge in [-0.25, -0.2) is 0 Å². The summed E-state index contributed by atoms with van der Waals surface area (Å²) in [4.78, 5) is 0. The van der Waals surface area contributed by atoms with Crippen LogP contribution in [0.1, 0.15) is 18.9 Å². The van der Waals surface area contributed by atoms with Crippen LogP contribution >= 0.6 is 11.8 Å². The average molecular weight is 253 g/mol. The molecule has 1 aromatic carbocycles. The van der Waals surface area contributed by atoms with E-state index >= 15 is 0 Å². The number of nitrogens with one attached hydrogen (secondary N) is 1. The van der Waals surface area contributed by atoms with E-state index in [2.05, 4.69) is 30.6 Å². The van der Waals surface area contributed by atoms with Gasteiger partial charge in [-0.05, 0) is 18.2 Å². The SMILES string of the molecule is CCC(CSC)NCCOCc1ccccc1. The highest BCUT2D eigenvalue weighted by Crippen LogP contribution is 2.01. The van der Waals surface area contributed by atoms with Crippen molar-refractivity contribution in [1.82, 2.24) is 5.32 Å². The van der Waals surface area contributed by atoms with Gasteiger partial charge in [-0.3, -0.25) is 0 Å². The summed E-state index contributed by atoms with van der Waals surface area (Å²) in [6.45, 7) is 4.65. The van der Waals surface area contributed by atoms with Gasteiger partial charge in [0, 0.05) is 18.3 Å². The maximum absolute atomic E-state index is 5.62. The summed E-state index contributed by atoms with van der Waals surface area (Å²) in [5, 5.41) is 3.51. The number of thioether (sulfide) groups is 1. The van der Waals surface area contributed by atoms with E-state index in [9.17, 15) is 0 Å². The second-order valence-corrected chi connectivity index (χ2v) is 4.96. The van der Waals surface area contributed by atoms with E-state index in [1.807, 2.05) is 30.0 Å². The summed E-state index contributed by atoms with van der Waals surface area (Å²) in [5.41, 5.74) is 1.24. The largest absolute Gasteiger partial charge is 0.375 e. The average Bonchev–Trinajstić information content (AvgIpc) is 2.38. The highest BCUT2D eigenvalue weighted by molar-refractivity contribution is 7.98. The molecular weight excluding hydrogens is 230 g/mol. The van der Waals surface area contributed by atoms with Gasteiger partial charge in [0.25, 0.3) is 0 Å². The molecule has 0 spiro atoms. The topological polar surface area (TPSA) is 21.3 Å². The lowest BCUT2D eigenvalue weighted by Crippen LogP contribution is -2.33. The van der Waals surface area contributed by atoms with Crippen LogP contribution in [0.2, 0.25) is 0 Å². The van der Waals surface area contributed by atoms with Gasteiger partial charge in [-0.1, -0.05) is 37.3 Å². The standard InChI is InChI=1S/C14H23NOS/c1-3-14(12-17-2)15-9-10-16-11-13-7-5-4-6-8-13/h4-8,14-15H,3,9-12H2,1-2H3. The van der Waals surface area contributed by atoms with Crippen molar-refractivity contribution in [2.75, 3.05) is 25.2 Å². The molecule has 0 amide bonds. The van der Waals surface area contributed by atoms with E-state index in [1.165, 1.54) is 17.7 Å². The second-order valence-electron chi connectivity index (χ2n) is 4.05. The van der Waals surface area contributed by atoms with Gasteiger partial charge < -0.3 is 10.1 Å². The van der Waals surface area contributed by atoms with Gasteiger partial charge in [-0.2, -0.15) is 11.8 Å². The minimum Gasteiger partial charge on any atom is -0.375 e. The maximum Gasteiger partial charge on any atom is 0.0717 e. The zero-order chi connectivity index (χ0) is 12.3. The smallest absolute Gasteiger partial charge is 0.0717 e. The Balaban J connectivity index is 2.04. The summed E-state index contributed by atoms with van der Waals surface area (Å²) in [7, 11) is 0. The van der Waals surface area contributed by atoms with Crippen LogP contribution in [0.25, 0.3) is 0 Å². The van der Waals surface area contributed by atoms with Gasteiger partial charge >= 0.3 is 0 Å². The molecule has 0 bridgehead atoms. The molecule has 0 aliphatic heterocycles. The molecule has 1 unspecified atom stereocenters. The Bertz CT molecular complexity index is 279. The maximum atomic E-state index is 5.62. The number of ether oxygens (including phenoxy) is 1. The van der Waals surface area contributed by atoms with Crippen LogP contribution in [0.5, 0.6) is 0 Å². The molecule has 0 aliphatic carbocycles. The molecule has 96 valence electrons. The minimum absolute atomic E-state index is 0.616. The van der Waals surface area contributed by atoms with Crippen molar-refractivity contribution in [3.8, 4) is 0 Å². The Morgan fingerprint density at radius 1 is 1.29 bits per heavy atom. The molecule has 0 aliphatic rings. The van der Waals surface area contributed by atoms with E-state index in [1.54, 1.807) is 0 Å². The first kappa shape index (κ1) is 14.6. The number of benzene rings is 1. The molecule has 0 saturated heterocycles. The van der Waals surface area contributed by atoms with Crippen molar-refractivity contribution >= 4 is 11.8 Å². The Morgan fingerprint density at radius 3 is 2.71 bits per heavy atom. The van der Waals surface area contributed by atoms with Gasteiger partial charge in [0.05, 0.1) is 13.2 Å². The Labute approximate surface area is 109 Å². The summed E-state index contributed by atoms with van der Waals surface area (Å²) in [5.74, 6) is 1.18. The van der Waals surface area contributed by atoms with Crippen LogP contribution in [0.3, 0.4) is 0 Å². The fourth-order valence-corrected chi connectivity index (χ4v) is 2.38. The van der Waals surface area contributed by atoms with Crippen molar-refractivity contribution < 1.29 is 4.74 Å². The van der Waals surface area contributed by atoms with E-state index in [4.69, 9.17) is 4.74 Å². The third-order valence-electron chi connectivity index (χ3n) is 2.65. The zero-order valence-electron chi connectivity index (χ0n) is 10.8. The Morgan fingerprint density at radius 2 is 2.06 bits per heavy atom. The van der Waals surface area contributed by atoms with Crippen LogP contribution < -0.4 is 5.32 Å². The van der Waals surface area contributed by atoms with Gasteiger partial charge in [0.1, 0.15) is 0 Å². The Kier molecular flexibility index (Phi) is 8.14. The summed E-state index contributed by atoms with van der Waals surface area (Å²) in [6.07, 6.45) is 3.33. The summed E-state index contributed by atoms with van der Waals surface area (Å²) >= 11 is 1.89. The molecule has 2 nitrogen and oxygen atoms in total. The van der Waals surface area contributed by atoms with Crippen LogP contribution in [-0.4, -0.2) is 31.2 Å². The van der Waals surface area contributed by atoms with Crippen molar-refractivity contribution in [1.29, 1.82) is 0 Å². The van der Waals surface area contributed by atoms with Crippen molar-refractivity contribution in [3.63, 3.8) is 0 Å². The van der Waals surface area contributed by atoms with Crippen molar-refractivity contribution in [2.24, 2.45) is 0 Å². The lowest BCUT2D eigenvalue weighted by Gasteiger charge is -2.15. The molecule has 1 aromatic rings. The summed E-state index contributed by atoms with van der Waals surface area (Å²) < 4.78 is 5.62. The monoisotopic (exact) mass is 253 g/mol. The van der Waals surface area contributed by atoms with E-state index in [0.29, 0.717) is 12.6 Å². The number of rotatable bonds is 9. The first-order valence-electron chi connectivity index (χ1n) is 6.20. The first-order valence-corrected chi connectivity index (χ1v) is 7.60. The molecule has 0 radical (unpaired) electrons. The third kappa shape index (κ3) is 6.71. The normalized spacial score (nSPS) is 12.6. The molecular formula is C14H23NOS. The molecule has 1 atom stereocenters. The van der Waals surface area contributed by atoms with Crippen LogP contribution in [0.15, 0.2) is 30.3 Å². The molecule has 1 rings (SSSR count). The molecule has 0 saturated carbocycles. The fraction of sp³-hybridized carbons (Fsp3) is 0.571. The van der Waals surface area contributed by atoms with Gasteiger partial charge in [0.2, 0.25) is 0 Å². The Hall–Kier alpha value is -0.510. The molecule has 0 fully saturated rings. The van der Waals surface area contributed by atoms with E-state index < -0.39 is 0 Å². The lowest BCUT2D eigenvalue weighted by molar-refractivity contribution is 0.121. The third-order valence-corrected chi connectivity index (χ3v) is 3.39. The second kappa shape index (κ2) is 9.51. The number of hydrogen-bond donors (Lipinski definition) is 1. The predicted octanol–water partition coefficient (Wildman–Crippen LogP) is 2.93. The van der Waals surface area contributed by atoms with Gasteiger partial charge in [-0.15, -0.1) is 0 Å². The van der Waals surface area contributed by atoms with Crippen molar-refractivity contribution in [3.05, 3.63) is 35.9 Å². The highest BCUT2D eigenvalue weighted by atomic mass is 32.2. The van der Waals surface area contributed by atoms with Gasteiger partial charge in [0.15, 0.2) is 0 Å². The predicted molar refractivity (Wildman–Crippen MR) is 76.6 cm³/mol. The zero-order valence-corrected chi connectivity index (χ0v) is 11.6. The molecule has 17 heavy (non-hydrogen) atoms. The van der Waals surface area contributed by atoms with Crippen LogP contribution in [0, 0.1) is 0 Å². The quantitative estimate of drug-likeness (QED) is 0.684. The lowest BCUT2D eigenvalue weighted by atomic mass is 10.2. The minimum atomic E-state index is 0.616.